The molecule has 0 saturated heterocycles. The summed E-state index contributed by atoms with van der Waals surface area (Å²) in [5.74, 6) is 1.62. The Bertz CT molecular complexity index is 1240. The molecule has 7 nitrogen and oxygen atoms in total. The normalized spacial score (nSPS) is 21.0. The van der Waals surface area contributed by atoms with Crippen LogP contribution in [0.15, 0.2) is 53.5 Å². The summed E-state index contributed by atoms with van der Waals surface area (Å²) in [6, 6.07) is 15.3. The van der Waals surface area contributed by atoms with E-state index in [0.717, 1.165) is 36.6 Å². The predicted molar refractivity (Wildman–Crippen MR) is 146 cm³/mol. The Hall–Kier alpha value is -3.19. The Labute approximate surface area is 217 Å². The first-order valence-electron chi connectivity index (χ1n) is 13.0. The molecule has 36 heavy (non-hydrogen) atoms. The number of halogens is 1. The van der Waals surface area contributed by atoms with E-state index in [2.05, 4.69) is 20.6 Å². The maximum Gasteiger partial charge on any atom is 0.289 e. The van der Waals surface area contributed by atoms with Crippen molar-refractivity contribution in [1.29, 1.82) is 0 Å². The van der Waals surface area contributed by atoms with Crippen LogP contribution in [0.3, 0.4) is 0 Å². The molecule has 1 heterocycles. The molecule has 0 bridgehead atoms. The smallest absolute Gasteiger partial charge is 0.289 e. The van der Waals surface area contributed by atoms with E-state index in [1.54, 1.807) is 6.07 Å². The van der Waals surface area contributed by atoms with Crippen LogP contribution in [0.4, 0.5) is 5.82 Å². The van der Waals surface area contributed by atoms with Gasteiger partial charge in [-0.15, -0.1) is 0 Å². The molecule has 188 valence electrons. The molecular weight excluding hydrogens is 472 g/mol. The lowest BCUT2D eigenvalue weighted by atomic mass is 9.90. The second-order valence-corrected chi connectivity index (χ2v) is 10.3. The number of aromatic nitrogens is 2. The molecule has 2 aliphatic carbocycles. The van der Waals surface area contributed by atoms with Crippen LogP contribution >= 0.6 is 11.6 Å². The summed E-state index contributed by atoms with van der Waals surface area (Å²) in [5.41, 5.74) is 7.97. The summed E-state index contributed by atoms with van der Waals surface area (Å²) in [6.07, 6.45) is 8.87. The number of rotatable bonds is 7. The van der Waals surface area contributed by atoms with Crippen LogP contribution in [-0.2, 0) is 0 Å². The topological polar surface area (TPSA) is 105 Å². The number of amides is 1. The molecule has 2 fully saturated rings. The first-order valence-corrected chi connectivity index (χ1v) is 13.4. The highest BCUT2D eigenvalue weighted by atomic mass is 35.5. The maximum absolute atomic E-state index is 13.0. The molecular formula is C28H33ClN6O. The van der Waals surface area contributed by atoms with Crippen molar-refractivity contribution in [2.45, 2.75) is 63.5 Å². The van der Waals surface area contributed by atoms with Gasteiger partial charge in [-0.05, 0) is 49.8 Å². The van der Waals surface area contributed by atoms with E-state index in [1.165, 1.54) is 25.7 Å². The number of fused-ring (bicyclic) bond motifs is 1. The van der Waals surface area contributed by atoms with E-state index < -0.39 is 0 Å². The van der Waals surface area contributed by atoms with Gasteiger partial charge >= 0.3 is 0 Å². The zero-order valence-corrected chi connectivity index (χ0v) is 21.2. The zero-order chi connectivity index (χ0) is 24.9. The van der Waals surface area contributed by atoms with Gasteiger partial charge in [0.25, 0.3) is 5.91 Å². The molecule has 0 radical (unpaired) electrons. The highest BCUT2D eigenvalue weighted by Gasteiger charge is 2.27. The average molecular weight is 505 g/mol. The van der Waals surface area contributed by atoms with Crippen molar-refractivity contribution in [3.63, 3.8) is 0 Å². The lowest BCUT2D eigenvalue weighted by Crippen LogP contribution is -2.37. The molecule has 8 heteroatoms. The molecule has 2 aromatic carbocycles. The molecule has 3 aromatic rings. The maximum atomic E-state index is 13.0. The molecule has 5 rings (SSSR count). The number of carbonyl (C=O) groups is 1. The van der Waals surface area contributed by atoms with Gasteiger partial charge in [-0.25, -0.2) is 9.97 Å². The van der Waals surface area contributed by atoms with Crippen LogP contribution in [-0.4, -0.2) is 40.3 Å². The molecule has 0 aliphatic heterocycles. The summed E-state index contributed by atoms with van der Waals surface area (Å²) in [4.78, 5) is 27.1. The third kappa shape index (κ3) is 5.78. The summed E-state index contributed by atoms with van der Waals surface area (Å²) in [7, 11) is 0. The number of nitrogens with one attached hydrogen (secondary N) is 2. The molecule has 2 saturated carbocycles. The van der Waals surface area contributed by atoms with Gasteiger partial charge in [0.05, 0.1) is 11.6 Å². The van der Waals surface area contributed by atoms with Gasteiger partial charge in [0, 0.05) is 28.6 Å². The summed E-state index contributed by atoms with van der Waals surface area (Å²) >= 11 is 6.32. The van der Waals surface area contributed by atoms with E-state index in [0.29, 0.717) is 34.7 Å². The van der Waals surface area contributed by atoms with Crippen molar-refractivity contribution >= 4 is 40.1 Å². The molecule has 4 N–H and O–H groups in total. The average Bonchev–Trinajstić information content (AvgIpc) is 3.43. The molecule has 0 unspecified atom stereocenters. The van der Waals surface area contributed by atoms with Gasteiger partial charge in [-0.1, -0.05) is 67.6 Å². The third-order valence-electron chi connectivity index (χ3n) is 7.31. The van der Waals surface area contributed by atoms with E-state index in [-0.39, 0.29) is 23.8 Å². The highest BCUT2D eigenvalue weighted by molar-refractivity contribution is 6.31. The van der Waals surface area contributed by atoms with Crippen molar-refractivity contribution in [2.24, 2.45) is 16.6 Å². The first-order chi connectivity index (χ1) is 17.6. The van der Waals surface area contributed by atoms with Crippen molar-refractivity contribution in [1.82, 2.24) is 15.3 Å². The number of aliphatic imine (C=N–C) groups is 1. The van der Waals surface area contributed by atoms with Crippen LogP contribution in [0.25, 0.3) is 10.9 Å². The Kier molecular flexibility index (Phi) is 7.66. The van der Waals surface area contributed by atoms with Gasteiger partial charge in [-0.2, -0.15) is 0 Å². The quantitative estimate of drug-likeness (QED) is 0.298. The van der Waals surface area contributed by atoms with Crippen LogP contribution in [0.1, 0.15) is 67.5 Å². The van der Waals surface area contributed by atoms with E-state index in [9.17, 15) is 4.79 Å². The molecule has 2 aliphatic rings. The van der Waals surface area contributed by atoms with Crippen molar-refractivity contribution in [2.75, 3.05) is 11.9 Å². The molecule has 2 atom stereocenters. The molecule has 1 aromatic heterocycles. The fourth-order valence-electron chi connectivity index (χ4n) is 5.31. The molecule has 1 amide bonds. The molecule has 0 spiro atoms. The van der Waals surface area contributed by atoms with Crippen LogP contribution < -0.4 is 16.4 Å². The lowest BCUT2D eigenvalue weighted by Gasteiger charge is -2.30. The van der Waals surface area contributed by atoms with E-state index in [1.807, 2.05) is 42.5 Å². The number of benzene rings is 2. The number of nitrogens with two attached hydrogens (primary N) is 1. The minimum absolute atomic E-state index is 0.00259. The number of anilines is 1. The SMILES string of the molecule is NC(=N[C@@H]1CCCC[C@@H]1Nc1nc(C(=O)NCC2CCCC2)nc2ccc(Cl)cc12)c1ccccc1. The summed E-state index contributed by atoms with van der Waals surface area (Å²) < 4.78 is 0. The number of hydrogen-bond acceptors (Lipinski definition) is 5. The Morgan fingerprint density at radius 3 is 2.56 bits per heavy atom. The predicted octanol–water partition coefficient (Wildman–Crippen LogP) is 5.33. The second kappa shape index (κ2) is 11.2. The third-order valence-corrected chi connectivity index (χ3v) is 7.55. The van der Waals surface area contributed by atoms with Gasteiger partial charge in [0.1, 0.15) is 11.7 Å². The van der Waals surface area contributed by atoms with Gasteiger partial charge < -0.3 is 16.4 Å². The minimum Gasteiger partial charge on any atom is -0.383 e. The fourth-order valence-corrected chi connectivity index (χ4v) is 5.49. The van der Waals surface area contributed by atoms with Crippen molar-refractivity contribution in [3.8, 4) is 0 Å². The Balaban J connectivity index is 1.41. The van der Waals surface area contributed by atoms with Crippen LogP contribution in [0.5, 0.6) is 0 Å². The number of hydrogen-bond donors (Lipinski definition) is 3. The number of amidine groups is 1. The lowest BCUT2D eigenvalue weighted by molar-refractivity contribution is 0.0937. The fraction of sp³-hybridized carbons (Fsp3) is 0.429. The number of nitrogens with zero attached hydrogens (tertiary/aromatic N) is 3. The standard InChI is InChI=1S/C28H33ClN6O/c29-20-14-15-22-21(16-20)26(35-27(33-22)28(36)31-17-18-8-4-5-9-18)34-24-13-7-6-12-23(24)32-25(30)19-10-2-1-3-11-19/h1-3,10-11,14-16,18,23-24H,4-9,12-13,17H2,(H2,30,32)(H,31,36)(H,33,34,35)/t23-,24+/m1/s1. The first kappa shape index (κ1) is 24.5. The van der Waals surface area contributed by atoms with Gasteiger partial charge in [-0.3, -0.25) is 9.79 Å². The van der Waals surface area contributed by atoms with Crippen molar-refractivity contribution in [3.05, 3.63) is 64.9 Å². The monoisotopic (exact) mass is 504 g/mol. The van der Waals surface area contributed by atoms with E-state index in [4.69, 9.17) is 22.3 Å². The zero-order valence-electron chi connectivity index (χ0n) is 20.4. The van der Waals surface area contributed by atoms with Gasteiger partial charge in [0.2, 0.25) is 5.82 Å². The van der Waals surface area contributed by atoms with E-state index >= 15 is 0 Å². The summed E-state index contributed by atoms with van der Waals surface area (Å²) in [6.45, 7) is 0.668. The van der Waals surface area contributed by atoms with Crippen LogP contribution in [0.2, 0.25) is 5.02 Å². The van der Waals surface area contributed by atoms with Crippen LogP contribution in [0, 0.1) is 5.92 Å². The highest BCUT2D eigenvalue weighted by Crippen LogP contribution is 2.29. The summed E-state index contributed by atoms with van der Waals surface area (Å²) in [5, 5.41) is 8.03. The Morgan fingerprint density at radius 1 is 1.00 bits per heavy atom. The van der Waals surface area contributed by atoms with Gasteiger partial charge in [0.15, 0.2) is 0 Å². The Morgan fingerprint density at radius 2 is 1.75 bits per heavy atom. The minimum atomic E-state index is -0.242. The number of carbonyl (C=O) groups excluding carboxylic acids is 1. The largest absolute Gasteiger partial charge is 0.383 e. The van der Waals surface area contributed by atoms with Crippen molar-refractivity contribution < 1.29 is 4.79 Å². The second-order valence-electron chi connectivity index (χ2n) is 9.90.